The molecule has 0 spiro atoms. The lowest BCUT2D eigenvalue weighted by Gasteiger charge is -2.15. The number of aliphatic imine (C=N–C) groups is 1. The SMILES string of the molecule is C(=C1/CCCN=C1c1cccnc1)/c1cc2ccccc2s1. The van der Waals surface area contributed by atoms with E-state index < -0.39 is 0 Å². The highest BCUT2D eigenvalue weighted by Crippen LogP contribution is 2.29. The highest BCUT2D eigenvalue weighted by atomic mass is 32.1. The molecule has 0 saturated heterocycles. The van der Waals surface area contributed by atoms with Crippen molar-refractivity contribution in [1.82, 2.24) is 4.98 Å². The molecule has 1 aliphatic heterocycles. The Labute approximate surface area is 133 Å². The third-order valence-electron chi connectivity index (χ3n) is 3.87. The summed E-state index contributed by atoms with van der Waals surface area (Å²) < 4.78 is 1.34. The van der Waals surface area contributed by atoms with Gasteiger partial charge in [0.2, 0.25) is 0 Å². The fraction of sp³-hybridized carbons (Fsp3) is 0.158. The molecular weight excluding hydrogens is 288 g/mol. The van der Waals surface area contributed by atoms with E-state index in [0.717, 1.165) is 30.7 Å². The van der Waals surface area contributed by atoms with Gasteiger partial charge in [0.25, 0.3) is 0 Å². The van der Waals surface area contributed by atoms with Gasteiger partial charge in [0.05, 0.1) is 5.71 Å². The van der Waals surface area contributed by atoms with E-state index in [2.05, 4.69) is 47.5 Å². The first kappa shape index (κ1) is 13.4. The number of hydrogen-bond acceptors (Lipinski definition) is 3. The zero-order valence-corrected chi connectivity index (χ0v) is 13.0. The summed E-state index contributed by atoms with van der Waals surface area (Å²) in [4.78, 5) is 10.3. The summed E-state index contributed by atoms with van der Waals surface area (Å²) in [6.07, 6.45) is 8.23. The lowest BCUT2D eigenvalue weighted by Crippen LogP contribution is -2.11. The summed E-state index contributed by atoms with van der Waals surface area (Å²) in [5.74, 6) is 0. The fourth-order valence-electron chi connectivity index (χ4n) is 2.85. The molecule has 0 saturated carbocycles. The zero-order valence-electron chi connectivity index (χ0n) is 12.2. The molecule has 22 heavy (non-hydrogen) atoms. The molecule has 3 aromatic rings. The molecule has 0 unspecified atom stereocenters. The standard InChI is InChI=1S/C19H16N2S/c1-2-8-18-14(5-1)11-17(22-18)12-15-6-4-10-21-19(15)16-7-3-9-20-13-16/h1-3,5,7-9,11-13H,4,6,10H2/b15-12+. The maximum Gasteiger partial charge on any atom is 0.0694 e. The van der Waals surface area contributed by atoms with Crippen LogP contribution in [0.4, 0.5) is 0 Å². The molecule has 0 aliphatic carbocycles. The van der Waals surface area contributed by atoms with E-state index in [1.54, 1.807) is 0 Å². The maximum absolute atomic E-state index is 4.74. The van der Waals surface area contributed by atoms with Crippen LogP contribution >= 0.6 is 11.3 Å². The van der Waals surface area contributed by atoms with Gasteiger partial charge in [0.1, 0.15) is 0 Å². The van der Waals surface area contributed by atoms with Crippen LogP contribution in [0.5, 0.6) is 0 Å². The Balaban J connectivity index is 1.76. The monoisotopic (exact) mass is 304 g/mol. The van der Waals surface area contributed by atoms with Gasteiger partial charge in [-0.15, -0.1) is 11.3 Å². The predicted octanol–water partition coefficient (Wildman–Crippen LogP) is 4.96. The summed E-state index contributed by atoms with van der Waals surface area (Å²) in [5, 5.41) is 1.31. The second-order valence-corrected chi connectivity index (χ2v) is 6.55. The van der Waals surface area contributed by atoms with E-state index in [9.17, 15) is 0 Å². The Kier molecular flexibility index (Phi) is 3.57. The first-order chi connectivity index (χ1) is 10.9. The van der Waals surface area contributed by atoms with Gasteiger partial charge in [0, 0.05) is 34.1 Å². The molecule has 0 bridgehead atoms. The van der Waals surface area contributed by atoms with Gasteiger partial charge in [-0.05, 0) is 54.1 Å². The van der Waals surface area contributed by atoms with Crippen molar-refractivity contribution in [3.05, 3.63) is 70.9 Å². The van der Waals surface area contributed by atoms with Crippen LogP contribution in [0.3, 0.4) is 0 Å². The molecule has 3 heterocycles. The first-order valence-electron chi connectivity index (χ1n) is 7.54. The van der Waals surface area contributed by atoms with E-state index >= 15 is 0 Å². The third-order valence-corrected chi connectivity index (χ3v) is 4.94. The summed E-state index contributed by atoms with van der Waals surface area (Å²) >= 11 is 1.84. The van der Waals surface area contributed by atoms with Crippen LogP contribution in [-0.2, 0) is 0 Å². The molecule has 0 radical (unpaired) electrons. The molecule has 1 aliphatic rings. The van der Waals surface area contributed by atoms with Crippen LogP contribution in [0.15, 0.2) is 65.4 Å². The van der Waals surface area contributed by atoms with Crippen LogP contribution in [0, 0.1) is 0 Å². The Morgan fingerprint density at radius 3 is 2.91 bits per heavy atom. The number of aromatic nitrogens is 1. The van der Waals surface area contributed by atoms with Gasteiger partial charge in [-0.25, -0.2) is 0 Å². The quantitative estimate of drug-likeness (QED) is 0.656. The van der Waals surface area contributed by atoms with E-state index in [1.165, 1.54) is 20.5 Å². The average molecular weight is 304 g/mol. The van der Waals surface area contributed by atoms with Crippen molar-refractivity contribution >= 4 is 33.2 Å². The smallest absolute Gasteiger partial charge is 0.0694 e. The van der Waals surface area contributed by atoms with Gasteiger partial charge in [-0.1, -0.05) is 18.2 Å². The van der Waals surface area contributed by atoms with Crippen LogP contribution in [0.2, 0.25) is 0 Å². The molecule has 2 nitrogen and oxygen atoms in total. The van der Waals surface area contributed by atoms with E-state index in [1.807, 2.05) is 29.8 Å². The number of thiophene rings is 1. The van der Waals surface area contributed by atoms with Crippen molar-refractivity contribution in [3.8, 4) is 0 Å². The topological polar surface area (TPSA) is 25.2 Å². The van der Waals surface area contributed by atoms with E-state index in [-0.39, 0.29) is 0 Å². The summed E-state index contributed by atoms with van der Waals surface area (Å²) in [6, 6.07) is 14.9. The van der Waals surface area contributed by atoms with Gasteiger partial charge in [0.15, 0.2) is 0 Å². The summed E-state index contributed by atoms with van der Waals surface area (Å²) in [5.41, 5.74) is 3.55. The first-order valence-corrected chi connectivity index (χ1v) is 8.36. The van der Waals surface area contributed by atoms with Crippen molar-refractivity contribution in [1.29, 1.82) is 0 Å². The van der Waals surface area contributed by atoms with Crippen LogP contribution in [-0.4, -0.2) is 17.2 Å². The van der Waals surface area contributed by atoms with Gasteiger partial charge in [-0.3, -0.25) is 9.98 Å². The second kappa shape index (κ2) is 5.85. The number of pyridine rings is 1. The van der Waals surface area contributed by atoms with Gasteiger partial charge in [-0.2, -0.15) is 0 Å². The Bertz CT molecular complexity index is 826. The fourth-order valence-corrected chi connectivity index (χ4v) is 3.88. The number of benzene rings is 1. The van der Waals surface area contributed by atoms with Crippen molar-refractivity contribution < 1.29 is 0 Å². The average Bonchev–Trinajstić information content (AvgIpc) is 2.98. The Hall–Kier alpha value is -2.26. The molecule has 0 fully saturated rings. The van der Waals surface area contributed by atoms with Crippen molar-refractivity contribution in [3.63, 3.8) is 0 Å². The number of allylic oxidation sites excluding steroid dienone is 1. The minimum Gasteiger partial charge on any atom is -0.284 e. The highest BCUT2D eigenvalue weighted by Gasteiger charge is 2.14. The lowest BCUT2D eigenvalue weighted by molar-refractivity contribution is 0.818. The van der Waals surface area contributed by atoms with Crippen LogP contribution < -0.4 is 0 Å². The van der Waals surface area contributed by atoms with Crippen LogP contribution in [0.25, 0.3) is 16.2 Å². The summed E-state index contributed by atoms with van der Waals surface area (Å²) in [7, 11) is 0. The molecular formula is C19H16N2S. The molecule has 0 atom stereocenters. The van der Waals surface area contributed by atoms with E-state index in [0.29, 0.717) is 0 Å². The van der Waals surface area contributed by atoms with Crippen molar-refractivity contribution in [2.75, 3.05) is 6.54 Å². The maximum atomic E-state index is 4.74. The highest BCUT2D eigenvalue weighted by molar-refractivity contribution is 7.19. The van der Waals surface area contributed by atoms with Gasteiger partial charge < -0.3 is 0 Å². The zero-order chi connectivity index (χ0) is 14.8. The molecule has 108 valence electrons. The molecule has 4 rings (SSSR count). The van der Waals surface area contributed by atoms with E-state index in [4.69, 9.17) is 4.99 Å². The van der Waals surface area contributed by atoms with Gasteiger partial charge >= 0.3 is 0 Å². The molecule has 1 aromatic carbocycles. The molecule has 0 N–H and O–H groups in total. The van der Waals surface area contributed by atoms with Crippen molar-refractivity contribution in [2.45, 2.75) is 12.8 Å². The Morgan fingerprint density at radius 2 is 2.05 bits per heavy atom. The third kappa shape index (κ3) is 2.60. The Morgan fingerprint density at radius 1 is 1.09 bits per heavy atom. The molecule has 0 amide bonds. The lowest BCUT2D eigenvalue weighted by atomic mass is 9.96. The minimum absolute atomic E-state index is 0.911. The number of fused-ring (bicyclic) bond motifs is 1. The van der Waals surface area contributed by atoms with Crippen molar-refractivity contribution in [2.24, 2.45) is 4.99 Å². The van der Waals surface area contributed by atoms with Crippen LogP contribution in [0.1, 0.15) is 23.3 Å². The minimum atomic E-state index is 0.911. The molecule has 2 aromatic heterocycles. The number of rotatable bonds is 2. The number of nitrogens with zero attached hydrogens (tertiary/aromatic N) is 2. The number of hydrogen-bond donors (Lipinski definition) is 0. The normalized spacial score (nSPS) is 16.9. The summed E-state index contributed by atoms with van der Waals surface area (Å²) in [6.45, 7) is 0.911. The predicted molar refractivity (Wildman–Crippen MR) is 94.7 cm³/mol. The largest absolute Gasteiger partial charge is 0.284 e. The molecule has 3 heteroatoms. The second-order valence-electron chi connectivity index (χ2n) is 5.43.